The van der Waals surface area contributed by atoms with Gasteiger partial charge in [0, 0.05) is 16.7 Å². The van der Waals surface area contributed by atoms with Crippen LogP contribution in [0.2, 0.25) is 0 Å². The molecule has 3 aromatic carbocycles. The van der Waals surface area contributed by atoms with Crippen LogP contribution >= 0.6 is 0 Å². The average Bonchev–Trinajstić information content (AvgIpc) is 3.19. The Morgan fingerprint density at radius 1 is 0.667 bits per heavy atom. The van der Waals surface area contributed by atoms with Crippen molar-refractivity contribution >= 4 is 0 Å². The molecule has 0 atom stereocenters. The van der Waals surface area contributed by atoms with Gasteiger partial charge in [-0.2, -0.15) is 5.10 Å². The summed E-state index contributed by atoms with van der Waals surface area (Å²) in [5, 5.41) is 7.95. The normalized spacial score (nSPS) is 11.5. The minimum absolute atomic E-state index is 0.0276. The Morgan fingerprint density at radius 3 is 1.63 bits per heavy atom. The number of hydrogen-bond donors (Lipinski definition) is 1. The highest BCUT2D eigenvalue weighted by molar-refractivity contribution is 5.93. The molecular formula is C25H24N2. The molecule has 27 heavy (non-hydrogen) atoms. The van der Waals surface area contributed by atoms with E-state index in [9.17, 15) is 0 Å². The van der Waals surface area contributed by atoms with E-state index in [1.54, 1.807) is 0 Å². The van der Waals surface area contributed by atoms with Gasteiger partial charge in [-0.25, -0.2) is 0 Å². The van der Waals surface area contributed by atoms with Crippen LogP contribution in [0.3, 0.4) is 0 Å². The van der Waals surface area contributed by atoms with Gasteiger partial charge < -0.3 is 0 Å². The Bertz CT molecular complexity index is 981. The highest BCUT2D eigenvalue weighted by Crippen LogP contribution is 2.40. The largest absolute Gasteiger partial charge is 0.281 e. The fourth-order valence-electron chi connectivity index (χ4n) is 3.38. The molecule has 4 rings (SSSR count). The van der Waals surface area contributed by atoms with Crippen LogP contribution in [0.5, 0.6) is 0 Å². The van der Waals surface area contributed by atoms with Crippen molar-refractivity contribution < 1.29 is 0 Å². The SMILES string of the molecule is CC(C)(C)c1cc(-c2c(-c3ccccc3)cccc2-c2ccccc2)n[nH]1. The van der Waals surface area contributed by atoms with Crippen LogP contribution < -0.4 is 0 Å². The van der Waals surface area contributed by atoms with Crippen LogP contribution in [0.25, 0.3) is 33.5 Å². The molecule has 0 bridgehead atoms. The van der Waals surface area contributed by atoms with Gasteiger partial charge in [0.1, 0.15) is 0 Å². The lowest BCUT2D eigenvalue weighted by Crippen LogP contribution is -2.11. The van der Waals surface area contributed by atoms with Crippen LogP contribution in [0.1, 0.15) is 26.5 Å². The molecule has 0 saturated carbocycles. The van der Waals surface area contributed by atoms with E-state index in [1.165, 1.54) is 27.8 Å². The molecule has 0 aliphatic carbocycles. The van der Waals surface area contributed by atoms with Crippen molar-refractivity contribution in [2.75, 3.05) is 0 Å². The van der Waals surface area contributed by atoms with Gasteiger partial charge in [-0.3, -0.25) is 5.10 Å². The number of aromatic amines is 1. The van der Waals surface area contributed by atoms with Crippen LogP contribution in [0.15, 0.2) is 84.9 Å². The predicted molar refractivity (Wildman–Crippen MR) is 114 cm³/mol. The molecule has 0 spiro atoms. The van der Waals surface area contributed by atoms with Crippen molar-refractivity contribution in [2.45, 2.75) is 26.2 Å². The van der Waals surface area contributed by atoms with Gasteiger partial charge in [0.2, 0.25) is 0 Å². The zero-order chi connectivity index (χ0) is 18.9. The van der Waals surface area contributed by atoms with E-state index < -0.39 is 0 Å². The zero-order valence-electron chi connectivity index (χ0n) is 16.0. The van der Waals surface area contributed by atoms with Gasteiger partial charge in [0.05, 0.1) is 5.69 Å². The Kier molecular flexibility index (Phi) is 4.41. The Labute approximate surface area is 160 Å². The van der Waals surface area contributed by atoms with Crippen LogP contribution in [0, 0.1) is 0 Å². The third-order valence-electron chi connectivity index (χ3n) is 4.88. The van der Waals surface area contributed by atoms with Crippen molar-refractivity contribution in [2.24, 2.45) is 0 Å². The number of nitrogens with one attached hydrogen (secondary N) is 1. The second kappa shape index (κ2) is 6.88. The fraction of sp³-hybridized carbons (Fsp3) is 0.160. The molecule has 0 saturated heterocycles. The lowest BCUT2D eigenvalue weighted by atomic mass is 9.88. The summed E-state index contributed by atoms with van der Waals surface area (Å²) in [6, 6.07) is 29.8. The first-order chi connectivity index (χ1) is 13.0. The zero-order valence-corrected chi connectivity index (χ0v) is 16.0. The molecule has 134 valence electrons. The average molecular weight is 352 g/mol. The summed E-state index contributed by atoms with van der Waals surface area (Å²) in [5.41, 5.74) is 8.11. The van der Waals surface area contributed by atoms with Gasteiger partial charge >= 0.3 is 0 Å². The Morgan fingerprint density at radius 2 is 1.19 bits per heavy atom. The first-order valence-corrected chi connectivity index (χ1v) is 9.34. The van der Waals surface area contributed by atoms with Crippen molar-refractivity contribution in [1.82, 2.24) is 10.2 Å². The highest BCUT2D eigenvalue weighted by Gasteiger charge is 2.20. The monoisotopic (exact) mass is 352 g/mol. The maximum atomic E-state index is 4.70. The predicted octanol–water partition coefficient (Wildman–Crippen LogP) is 6.71. The topological polar surface area (TPSA) is 28.7 Å². The lowest BCUT2D eigenvalue weighted by Gasteiger charge is -2.15. The second-order valence-electron chi connectivity index (χ2n) is 7.88. The summed E-state index contributed by atoms with van der Waals surface area (Å²) in [6.07, 6.45) is 0. The summed E-state index contributed by atoms with van der Waals surface area (Å²) in [5.74, 6) is 0. The smallest absolute Gasteiger partial charge is 0.0936 e. The minimum Gasteiger partial charge on any atom is -0.281 e. The van der Waals surface area contributed by atoms with E-state index >= 15 is 0 Å². The van der Waals surface area contributed by atoms with Gasteiger partial charge in [0.25, 0.3) is 0 Å². The molecule has 0 fully saturated rings. The van der Waals surface area contributed by atoms with E-state index in [2.05, 4.69) is 111 Å². The molecular weight excluding hydrogens is 328 g/mol. The number of aromatic nitrogens is 2. The molecule has 0 radical (unpaired) electrons. The number of benzene rings is 3. The summed E-state index contributed by atoms with van der Waals surface area (Å²) in [4.78, 5) is 0. The lowest BCUT2D eigenvalue weighted by molar-refractivity contribution is 0.567. The Hall–Kier alpha value is -3.13. The summed E-state index contributed by atoms with van der Waals surface area (Å²) in [7, 11) is 0. The molecule has 2 nitrogen and oxygen atoms in total. The van der Waals surface area contributed by atoms with Crippen LogP contribution in [-0.2, 0) is 5.41 Å². The molecule has 0 aliphatic heterocycles. The van der Waals surface area contributed by atoms with Gasteiger partial charge in [0.15, 0.2) is 0 Å². The van der Waals surface area contributed by atoms with Gasteiger partial charge in [-0.05, 0) is 28.3 Å². The fourth-order valence-corrected chi connectivity index (χ4v) is 3.38. The van der Waals surface area contributed by atoms with Crippen LogP contribution in [0.4, 0.5) is 0 Å². The molecule has 1 heterocycles. The van der Waals surface area contributed by atoms with Gasteiger partial charge in [-0.1, -0.05) is 99.6 Å². The van der Waals surface area contributed by atoms with E-state index in [-0.39, 0.29) is 5.41 Å². The first kappa shape index (κ1) is 17.3. The van der Waals surface area contributed by atoms with Gasteiger partial charge in [-0.15, -0.1) is 0 Å². The van der Waals surface area contributed by atoms with E-state index in [1.807, 2.05) is 0 Å². The Balaban J connectivity index is 1.98. The molecule has 1 aromatic heterocycles. The minimum atomic E-state index is 0.0276. The van der Waals surface area contributed by atoms with Crippen molar-refractivity contribution in [3.8, 4) is 33.5 Å². The molecule has 2 heteroatoms. The van der Waals surface area contributed by atoms with Crippen molar-refractivity contribution in [3.63, 3.8) is 0 Å². The van der Waals surface area contributed by atoms with Crippen molar-refractivity contribution in [1.29, 1.82) is 0 Å². The number of rotatable bonds is 3. The molecule has 0 aliphatic rings. The van der Waals surface area contributed by atoms with Crippen LogP contribution in [-0.4, -0.2) is 10.2 Å². The number of hydrogen-bond acceptors (Lipinski definition) is 1. The summed E-state index contributed by atoms with van der Waals surface area (Å²) < 4.78 is 0. The highest BCUT2D eigenvalue weighted by atomic mass is 15.1. The van der Waals surface area contributed by atoms with E-state index in [0.29, 0.717) is 0 Å². The molecule has 4 aromatic rings. The first-order valence-electron chi connectivity index (χ1n) is 9.34. The standard InChI is InChI=1S/C25H24N2/c1-25(2,3)23-17-22(26-27-23)24-20(18-11-6-4-7-12-18)15-10-16-21(24)19-13-8-5-9-14-19/h4-17H,1-3H3,(H,26,27). The number of nitrogens with zero attached hydrogens (tertiary/aromatic N) is 1. The van der Waals surface area contributed by atoms with Crippen molar-refractivity contribution in [3.05, 3.63) is 90.6 Å². The maximum absolute atomic E-state index is 4.70. The molecule has 0 unspecified atom stereocenters. The van der Waals surface area contributed by atoms with E-state index in [4.69, 9.17) is 5.10 Å². The second-order valence-corrected chi connectivity index (χ2v) is 7.88. The number of H-pyrrole nitrogens is 1. The molecule has 0 amide bonds. The summed E-state index contributed by atoms with van der Waals surface area (Å²) in [6.45, 7) is 6.60. The quantitative estimate of drug-likeness (QED) is 0.436. The molecule has 1 N–H and O–H groups in total. The van der Waals surface area contributed by atoms with E-state index in [0.717, 1.165) is 11.4 Å². The maximum Gasteiger partial charge on any atom is 0.0936 e. The summed E-state index contributed by atoms with van der Waals surface area (Å²) >= 11 is 0. The third kappa shape index (κ3) is 3.43. The third-order valence-corrected chi connectivity index (χ3v) is 4.88.